The van der Waals surface area contributed by atoms with Crippen molar-refractivity contribution < 1.29 is 4.74 Å². The lowest BCUT2D eigenvalue weighted by atomic mass is 9.80. The molecule has 2 nitrogen and oxygen atoms in total. The Bertz CT molecular complexity index is 1440. The van der Waals surface area contributed by atoms with Crippen molar-refractivity contribution in [2.45, 2.75) is 45.8 Å². The third kappa shape index (κ3) is 3.83. The molecular weight excluding hydrogens is 426 g/mol. The average Bonchev–Trinajstić information content (AvgIpc) is 2.84. The van der Waals surface area contributed by atoms with Crippen molar-refractivity contribution >= 4 is 11.3 Å². The van der Waals surface area contributed by atoms with Crippen LogP contribution in [0.25, 0.3) is 27.8 Å². The Kier molecular flexibility index (Phi) is 5.07. The molecule has 1 unspecified atom stereocenters. The molecule has 2 heteroatoms. The van der Waals surface area contributed by atoms with E-state index in [1.165, 1.54) is 55.8 Å². The standard InChI is InChI=1S/C33H31NO/c1-21-9-8-12-28-30(21)26-17-18-27-31(22(2)20-33(3,4)34-27)32(26)29(35-28)19-23-13-15-25(16-14-23)24-10-6-5-7-11-24/h5-18,20,29,34H,19H2,1-4H3. The van der Waals surface area contributed by atoms with Crippen LogP contribution in [-0.2, 0) is 6.42 Å². The summed E-state index contributed by atoms with van der Waals surface area (Å²) in [5, 5.41) is 3.73. The molecule has 35 heavy (non-hydrogen) atoms. The Morgan fingerprint density at radius 2 is 1.51 bits per heavy atom. The molecule has 0 aromatic heterocycles. The maximum Gasteiger partial charge on any atom is 0.129 e. The SMILES string of the molecule is CC1=CC(C)(C)Nc2ccc3c(c21)C(Cc1ccc(-c2ccccc2)cc1)Oc1cccc(C)c1-3. The molecule has 0 saturated heterocycles. The lowest BCUT2D eigenvalue weighted by Gasteiger charge is -2.37. The highest BCUT2D eigenvalue weighted by Gasteiger charge is 2.34. The van der Waals surface area contributed by atoms with Gasteiger partial charge in [0.15, 0.2) is 0 Å². The van der Waals surface area contributed by atoms with Crippen LogP contribution in [0.3, 0.4) is 0 Å². The molecule has 1 N–H and O–H groups in total. The minimum absolute atomic E-state index is 0.0526. The van der Waals surface area contributed by atoms with Crippen LogP contribution in [0.2, 0.25) is 0 Å². The van der Waals surface area contributed by atoms with Gasteiger partial charge in [0, 0.05) is 28.8 Å². The number of benzene rings is 4. The number of anilines is 1. The summed E-state index contributed by atoms with van der Waals surface area (Å²) in [5.41, 5.74) is 12.5. The van der Waals surface area contributed by atoms with Gasteiger partial charge in [0.05, 0.1) is 5.54 Å². The van der Waals surface area contributed by atoms with Crippen LogP contribution in [0.1, 0.15) is 49.1 Å². The number of hydrogen-bond donors (Lipinski definition) is 1. The fourth-order valence-corrected chi connectivity index (χ4v) is 5.82. The van der Waals surface area contributed by atoms with Gasteiger partial charge in [0.1, 0.15) is 11.9 Å². The minimum atomic E-state index is -0.0720. The van der Waals surface area contributed by atoms with Crippen LogP contribution in [-0.4, -0.2) is 5.54 Å². The van der Waals surface area contributed by atoms with E-state index in [9.17, 15) is 0 Å². The van der Waals surface area contributed by atoms with Crippen molar-refractivity contribution in [3.8, 4) is 28.0 Å². The predicted molar refractivity (Wildman–Crippen MR) is 147 cm³/mol. The summed E-state index contributed by atoms with van der Waals surface area (Å²) in [6.45, 7) is 8.86. The van der Waals surface area contributed by atoms with Gasteiger partial charge in [0.2, 0.25) is 0 Å². The number of hydrogen-bond acceptors (Lipinski definition) is 2. The summed E-state index contributed by atoms with van der Waals surface area (Å²) in [6, 6.07) is 30.4. The summed E-state index contributed by atoms with van der Waals surface area (Å²) < 4.78 is 6.77. The van der Waals surface area contributed by atoms with Gasteiger partial charge in [0.25, 0.3) is 0 Å². The van der Waals surface area contributed by atoms with Crippen molar-refractivity contribution in [1.82, 2.24) is 0 Å². The van der Waals surface area contributed by atoms with E-state index in [2.05, 4.69) is 124 Å². The van der Waals surface area contributed by atoms with E-state index in [0.717, 1.165) is 12.2 Å². The lowest BCUT2D eigenvalue weighted by molar-refractivity contribution is 0.202. The summed E-state index contributed by atoms with van der Waals surface area (Å²) in [7, 11) is 0. The number of ether oxygens (including phenoxy) is 1. The van der Waals surface area contributed by atoms with Crippen LogP contribution in [0.4, 0.5) is 5.69 Å². The number of fused-ring (bicyclic) bond motifs is 5. The molecule has 2 aliphatic rings. The van der Waals surface area contributed by atoms with Crippen molar-refractivity contribution in [2.24, 2.45) is 0 Å². The molecule has 2 aliphatic heterocycles. The quantitative estimate of drug-likeness (QED) is 0.332. The van der Waals surface area contributed by atoms with Crippen LogP contribution < -0.4 is 10.1 Å². The maximum atomic E-state index is 6.77. The molecule has 0 bridgehead atoms. The summed E-state index contributed by atoms with van der Waals surface area (Å²) >= 11 is 0. The second-order valence-electron chi connectivity index (χ2n) is 10.4. The molecule has 0 saturated carbocycles. The third-order valence-corrected chi connectivity index (χ3v) is 7.25. The highest BCUT2D eigenvalue weighted by molar-refractivity contribution is 5.90. The van der Waals surface area contributed by atoms with Gasteiger partial charge in [-0.15, -0.1) is 0 Å². The highest BCUT2D eigenvalue weighted by atomic mass is 16.5. The van der Waals surface area contributed by atoms with Gasteiger partial charge in [-0.3, -0.25) is 0 Å². The summed E-state index contributed by atoms with van der Waals surface area (Å²) in [5.74, 6) is 0.981. The van der Waals surface area contributed by atoms with Crippen LogP contribution >= 0.6 is 0 Å². The number of nitrogens with one attached hydrogen (secondary N) is 1. The van der Waals surface area contributed by atoms with Crippen molar-refractivity contribution in [1.29, 1.82) is 0 Å². The van der Waals surface area contributed by atoms with E-state index in [1.54, 1.807) is 0 Å². The van der Waals surface area contributed by atoms with Gasteiger partial charge in [-0.1, -0.05) is 78.9 Å². The first-order valence-electron chi connectivity index (χ1n) is 12.5. The van der Waals surface area contributed by atoms with Crippen LogP contribution in [0.15, 0.2) is 91.0 Å². The van der Waals surface area contributed by atoms with Crippen molar-refractivity contribution in [3.05, 3.63) is 113 Å². The zero-order valence-electron chi connectivity index (χ0n) is 20.9. The van der Waals surface area contributed by atoms with E-state index >= 15 is 0 Å². The lowest BCUT2D eigenvalue weighted by Crippen LogP contribution is -2.32. The topological polar surface area (TPSA) is 21.3 Å². The normalized spacial score (nSPS) is 17.3. The fraction of sp³-hybridized carbons (Fsp3) is 0.212. The monoisotopic (exact) mass is 457 g/mol. The van der Waals surface area contributed by atoms with Gasteiger partial charge in [-0.05, 0) is 73.2 Å². The Morgan fingerprint density at radius 3 is 2.29 bits per heavy atom. The van der Waals surface area contributed by atoms with E-state index in [4.69, 9.17) is 4.74 Å². The molecule has 0 aliphatic carbocycles. The Balaban J connectivity index is 1.45. The first-order chi connectivity index (χ1) is 16.9. The van der Waals surface area contributed by atoms with Gasteiger partial charge in [-0.2, -0.15) is 0 Å². The molecular formula is C33H31NO. The van der Waals surface area contributed by atoms with E-state index in [1.807, 2.05) is 0 Å². The fourth-order valence-electron chi connectivity index (χ4n) is 5.82. The van der Waals surface area contributed by atoms with Gasteiger partial charge < -0.3 is 10.1 Å². The van der Waals surface area contributed by atoms with Crippen LogP contribution in [0, 0.1) is 6.92 Å². The second-order valence-corrected chi connectivity index (χ2v) is 10.4. The Labute approximate surface area is 208 Å². The van der Waals surface area contributed by atoms with Gasteiger partial charge in [-0.25, -0.2) is 0 Å². The predicted octanol–water partition coefficient (Wildman–Crippen LogP) is 8.61. The molecule has 0 spiro atoms. The number of allylic oxidation sites excluding steroid dienone is 1. The molecule has 174 valence electrons. The molecule has 2 heterocycles. The zero-order chi connectivity index (χ0) is 24.2. The van der Waals surface area contributed by atoms with Gasteiger partial charge >= 0.3 is 0 Å². The molecule has 1 atom stereocenters. The van der Waals surface area contributed by atoms with Crippen LogP contribution in [0.5, 0.6) is 5.75 Å². The third-order valence-electron chi connectivity index (χ3n) is 7.25. The van der Waals surface area contributed by atoms with Crippen molar-refractivity contribution in [3.63, 3.8) is 0 Å². The highest BCUT2D eigenvalue weighted by Crippen LogP contribution is 2.50. The largest absolute Gasteiger partial charge is 0.485 e. The number of aryl methyl sites for hydroxylation is 1. The summed E-state index contributed by atoms with van der Waals surface area (Å²) in [4.78, 5) is 0. The van der Waals surface area contributed by atoms with Crippen molar-refractivity contribution in [2.75, 3.05) is 5.32 Å². The first-order valence-corrected chi connectivity index (χ1v) is 12.5. The summed E-state index contributed by atoms with van der Waals surface area (Å²) in [6.07, 6.45) is 3.11. The molecule has 0 fully saturated rings. The molecule has 0 radical (unpaired) electrons. The van der Waals surface area contributed by atoms with E-state index in [0.29, 0.717) is 0 Å². The molecule has 4 aromatic rings. The van der Waals surface area contributed by atoms with E-state index < -0.39 is 0 Å². The Morgan fingerprint density at radius 1 is 0.771 bits per heavy atom. The Hall–Kier alpha value is -3.78. The molecule has 4 aromatic carbocycles. The zero-order valence-corrected chi connectivity index (χ0v) is 20.9. The second kappa shape index (κ2) is 8.16. The number of rotatable bonds is 3. The molecule has 6 rings (SSSR count). The average molecular weight is 458 g/mol. The van der Waals surface area contributed by atoms with E-state index in [-0.39, 0.29) is 11.6 Å². The molecule has 0 amide bonds. The maximum absolute atomic E-state index is 6.77. The minimum Gasteiger partial charge on any atom is -0.485 e. The first kappa shape index (κ1) is 21.7. The smallest absolute Gasteiger partial charge is 0.129 e.